The van der Waals surface area contributed by atoms with Gasteiger partial charge < -0.3 is 5.32 Å². The molecule has 0 fully saturated rings. The van der Waals surface area contributed by atoms with Crippen molar-refractivity contribution >= 4 is 11.6 Å². The Hall–Kier alpha value is -3.31. The van der Waals surface area contributed by atoms with Gasteiger partial charge in [-0.15, -0.1) is 0 Å². The Balaban J connectivity index is 1.75. The molecule has 0 aromatic heterocycles. The summed E-state index contributed by atoms with van der Waals surface area (Å²) in [5.41, 5.74) is 4.33. The molecule has 0 saturated heterocycles. The summed E-state index contributed by atoms with van der Waals surface area (Å²) >= 11 is 0. The molecule has 0 radical (unpaired) electrons. The van der Waals surface area contributed by atoms with Crippen LogP contribution in [0.5, 0.6) is 0 Å². The maximum absolute atomic E-state index is 12.3. The van der Waals surface area contributed by atoms with E-state index in [1.165, 1.54) is 0 Å². The van der Waals surface area contributed by atoms with Gasteiger partial charge in [-0.3, -0.25) is 4.79 Å². The third-order valence-electron chi connectivity index (χ3n) is 3.56. The monoisotopic (exact) mass is 311 g/mol. The topological polar surface area (TPSA) is 29.1 Å². The van der Waals surface area contributed by atoms with Crippen molar-refractivity contribution in [2.24, 2.45) is 0 Å². The summed E-state index contributed by atoms with van der Waals surface area (Å²) in [5, 5.41) is 2.91. The van der Waals surface area contributed by atoms with Crippen molar-refractivity contribution in [1.82, 2.24) is 0 Å². The van der Waals surface area contributed by atoms with Gasteiger partial charge in [-0.25, -0.2) is 0 Å². The molecule has 0 unspecified atom stereocenters. The van der Waals surface area contributed by atoms with E-state index in [1.807, 2.05) is 85.8 Å². The molecule has 2 nitrogen and oxygen atoms in total. The van der Waals surface area contributed by atoms with Gasteiger partial charge >= 0.3 is 0 Å². The van der Waals surface area contributed by atoms with E-state index in [2.05, 4.69) is 17.2 Å². The molecule has 0 atom stereocenters. The summed E-state index contributed by atoms with van der Waals surface area (Å²) < 4.78 is 0. The molecule has 0 aliphatic rings. The fourth-order valence-electron chi connectivity index (χ4n) is 2.25. The van der Waals surface area contributed by atoms with Crippen LogP contribution < -0.4 is 5.32 Å². The lowest BCUT2D eigenvalue weighted by Crippen LogP contribution is -2.11. The molecule has 0 heterocycles. The van der Waals surface area contributed by atoms with Crippen LogP contribution in [-0.2, 0) is 0 Å². The molecular weight excluding hydrogens is 294 g/mol. The summed E-state index contributed by atoms with van der Waals surface area (Å²) in [5.74, 6) is 6.12. The third-order valence-corrected chi connectivity index (χ3v) is 3.56. The fraction of sp³-hybridized carbons (Fsp3) is 0.0455. The molecule has 0 saturated carbocycles. The third kappa shape index (κ3) is 4.12. The van der Waals surface area contributed by atoms with Crippen molar-refractivity contribution in [1.29, 1.82) is 0 Å². The second-order valence-corrected chi connectivity index (χ2v) is 5.52. The first-order valence-electron chi connectivity index (χ1n) is 7.76. The summed E-state index contributed by atoms with van der Waals surface area (Å²) in [7, 11) is 0. The average Bonchev–Trinajstić information content (AvgIpc) is 2.62. The zero-order valence-electron chi connectivity index (χ0n) is 13.4. The van der Waals surface area contributed by atoms with Crippen molar-refractivity contribution in [2.75, 3.05) is 5.32 Å². The highest BCUT2D eigenvalue weighted by atomic mass is 16.1. The van der Waals surface area contributed by atoms with Gasteiger partial charge in [0.15, 0.2) is 0 Å². The summed E-state index contributed by atoms with van der Waals surface area (Å²) in [4.78, 5) is 12.3. The van der Waals surface area contributed by atoms with Crippen molar-refractivity contribution < 1.29 is 4.79 Å². The van der Waals surface area contributed by atoms with Crippen LogP contribution in [0.3, 0.4) is 0 Å². The number of carbonyl (C=O) groups is 1. The average molecular weight is 311 g/mol. The number of aryl methyl sites for hydroxylation is 1. The van der Waals surface area contributed by atoms with E-state index in [0.29, 0.717) is 5.56 Å². The lowest BCUT2D eigenvalue weighted by atomic mass is 10.1. The van der Waals surface area contributed by atoms with Crippen molar-refractivity contribution in [2.45, 2.75) is 6.92 Å². The van der Waals surface area contributed by atoms with Crippen LogP contribution in [0.2, 0.25) is 0 Å². The molecule has 24 heavy (non-hydrogen) atoms. The zero-order valence-corrected chi connectivity index (χ0v) is 13.4. The highest BCUT2D eigenvalue weighted by Gasteiger charge is 2.05. The number of hydrogen-bond donors (Lipinski definition) is 1. The first-order chi connectivity index (χ1) is 11.7. The Kier molecular flexibility index (Phi) is 4.74. The molecule has 1 amide bonds. The first-order valence-corrected chi connectivity index (χ1v) is 7.76. The molecule has 116 valence electrons. The lowest BCUT2D eigenvalue weighted by molar-refractivity contribution is 0.102. The largest absolute Gasteiger partial charge is 0.322 e. The molecule has 3 aromatic carbocycles. The highest BCUT2D eigenvalue weighted by Crippen LogP contribution is 2.12. The van der Waals surface area contributed by atoms with E-state index < -0.39 is 0 Å². The molecule has 0 aliphatic carbocycles. The molecule has 0 spiro atoms. The van der Waals surface area contributed by atoms with Gasteiger partial charge in [0, 0.05) is 22.4 Å². The minimum absolute atomic E-state index is 0.122. The first kappa shape index (κ1) is 15.6. The van der Waals surface area contributed by atoms with Gasteiger partial charge in [-0.1, -0.05) is 53.8 Å². The van der Waals surface area contributed by atoms with Gasteiger partial charge in [0.2, 0.25) is 0 Å². The Morgan fingerprint density at radius 1 is 0.792 bits per heavy atom. The number of benzene rings is 3. The Morgan fingerprint density at radius 3 is 2.21 bits per heavy atom. The minimum atomic E-state index is -0.122. The molecular formula is C22H17NO. The van der Waals surface area contributed by atoms with E-state index in [0.717, 1.165) is 22.4 Å². The van der Waals surface area contributed by atoms with Crippen LogP contribution in [0.15, 0.2) is 78.9 Å². The van der Waals surface area contributed by atoms with Crippen LogP contribution in [0.25, 0.3) is 0 Å². The molecule has 0 bridgehead atoms. The van der Waals surface area contributed by atoms with Gasteiger partial charge in [-0.05, 0) is 49.4 Å². The zero-order chi connectivity index (χ0) is 16.8. The number of rotatable bonds is 2. The molecule has 0 aliphatic heterocycles. The quantitative estimate of drug-likeness (QED) is 0.686. The van der Waals surface area contributed by atoms with Crippen molar-refractivity contribution in [3.63, 3.8) is 0 Å². The van der Waals surface area contributed by atoms with E-state index in [4.69, 9.17) is 0 Å². The SMILES string of the molecule is Cc1ccc(C(=O)Nc2cccc(C#Cc3ccccc3)c2)cc1. The maximum Gasteiger partial charge on any atom is 0.255 e. The van der Waals surface area contributed by atoms with Crippen LogP contribution in [0.1, 0.15) is 27.0 Å². The van der Waals surface area contributed by atoms with Crippen molar-refractivity contribution in [3.8, 4) is 11.8 Å². The second-order valence-electron chi connectivity index (χ2n) is 5.52. The lowest BCUT2D eigenvalue weighted by Gasteiger charge is -2.06. The molecule has 2 heteroatoms. The minimum Gasteiger partial charge on any atom is -0.322 e. The Labute approximate surface area is 142 Å². The molecule has 1 N–H and O–H groups in total. The molecule has 3 aromatic rings. The smallest absolute Gasteiger partial charge is 0.255 e. The van der Waals surface area contributed by atoms with E-state index >= 15 is 0 Å². The Morgan fingerprint density at radius 2 is 1.46 bits per heavy atom. The standard InChI is InChI=1S/C22H17NO/c1-17-10-14-20(15-11-17)22(24)23-21-9-5-8-19(16-21)13-12-18-6-3-2-4-7-18/h2-11,14-16H,1H3,(H,23,24). The number of nitrogens with one attached hydrogen (secondary N) is 1. The number of anilines is 1. The predicted octanol–water partition coefficient (Wildman–Crippen LogP) is 4.65. The van der Waals surface area contributed by atoms with E-state index in [9.17, 15) is 4.79 Å². The fourth-order valence-corrected chi connectivity index (χ4v) is 2.25. The second kappa shape index (κ2) is 7.30. The summed E-state index contributed by atoms with van der Waals surface area (Å²) in [6, 6.07) is 24.9. The van der Waals surface area contributed by atoms with Crippen LogP contribution in [0.4, 0.5) is 5.69 Å². The highest BCUT2D eigenvalue weighted by molar-refractivity contribution is 6.04. The Bertz CT molecular complexity index is 900. The maximum atomic E-state index is 12.3. The van der Waals surface area contributed by atoms with Gasteiger partial charge in [0.1, 0.15) is 0 Å². The summed E-state index contributed by atoms with van der Waals surface area (Å²) in [6.07, 6.45) is 0. The van der Waals surface area contributed by atoms with Crippen LogP contribution >= 0.6 is 0 Å². The number of carbonyl (C=O) groups excluding carboxylic acids is 1. The van der Waals surface area contributed by atoms with Crippen LogP contribution in [-0.4, -0.2) is 5.91 Å². The van der Waals surface area contributed by atoms with E-state index in [-0.39, 0.29) is 5.91 Å². The van der Waals surface area contributed by atoms with Gasteiger partial charge in [0.25, 0.3) is 5.91 Å². The van der Waals surface area contributed by atoms with E-state index in [1.54, 1.807) is 0 Å². The number of hydrogen-bond acceptors (Lipinski definition) is 1. The predicted molar refractivity (Wildman–Crippen MR) is 98.0 cm³/mol. The normalized spacial score (nSPS) is 9.71. The molecule has 3 rings (SSSR count). The summed E-state index contributed by atoms with van der Waals surface area (Å²) in [6.45, 7) is 2.00. The van der Waals surface area contributed by atoms with Crippen LogP contribution in [0, 0.1) is 18.8 Å². The van der Waals surface area contributed by atoms with Crippen molar-refractivity contribution in [3.05, 3.63) is 101 Å². The van der Waals surface area contributed by atoms with Gasteiger partial charge in [-0.2, -0.15) is 0 Å². The van der Waals surface area contributed by atoms with Gasteiger partial charge in [0.05, 0.1) is 0 Å². The number of amides is 1.